The molecule has 0 radical (unpaired) electrons. The highest BCUT2D eigenvalue weighted by Crippen LogP contribution is 2.21. The fraction of sp³-hybridized carbons (Fsp3) is 0.667. The molecule has 1 fully saturated rings. The van der Waals surface area contributed by atoms with Gasteiger partial charge in [0.15, 0.2) is 0 Å². The standard InChI is InChI=1S/C9H14O3/c1-6(7(2)9(10)11)8-4-3-5-12-8/h8H,3-5H2,1-2H3,(H,10,11)/b7-6+. The van der Waals surface area contributed by atoms with Crippen molar-refractivity contribution in [3.8, 4) is 0 Å². The first-order valence-electron chi connectivity index (χ1n) is 4.15. The molecule has 0 saturated carbocycles. The molecule has 0 aliphatic carbocycles. The van der Waals surface area contributed by atoms with E-state index in [2.05, 4.69) is 0 Å². The van der Waals surface area contributed by atoms with Crippen LogP contribution < -0.4 is 0 Å². The Kier molecular flexibility index (Phi) is 2.87. The number of ether oxygens (including phenoxy) is 1. The van der Waals surface area contributed by atoms with Crippen molar-refractivity contribution in [2.75, 3.05) is 6.61 Å². The second-order valence-corrected chi connectivity index (χ2v) is 3.11. The van der Waals surface area contributed by atoms with Gasteiger partial charge in [-0.1, -0.05) is 0 Å². The maximum Gasteiger partial charge on any atom is 0.331 e. The highest BCUT2D eigenvalue weighted by molar-refractivity contribution is 5.86. The van der Waals surface area contributed by atoms with Crippen molar-refractivity contribution < 1.29 is 14.6 Å². The van der Waals surface area contributed by atoms with Crippen LogP contribution in [0.2, 0.25) is 0 Å². The summed E-state index contributed by atoms with van der Waals surface area (Å²) in [6.07, 6.45) is 2.03. The predicted molar refractivity (Wildman–Crippen MR) is 45.0 cm³/mol. The number of hydrogen-bond donors (Lipinski definition) is 1. The Morgan fingerprint density at radius 3 is 2.58 bits per heavy atom. The van der Waals surface area contributed by atoms with Crippen molar-refractivity contribution >= 4 is 5.97 Å². The minimum absolute atomic E-state index is 0.0427. The predicted octanol–water partition coefficient (Wildman–Crippen LogP) is 1.59. The van der Waals surface area contributed by atoms with Gasteiger partial charge in [0.25, 0.3) is 0 Å². The van der Waals surface area contributed by atoms with Crippen molar-refractivity contribution in [1.29, 1.82) is 0 Å². The first-order valence-corrected chi connectivity index (χ1v) is 4.15. The lowest BCUT2D eigenvalue weighted by molar-refractivity contribution is -0.132. The largest absolute Gasteiger partial charge is 0.478 e. The van der Waals surface area contributed by atoms with Crippen LogP contribution in [-0.2, 0) is 9.53 Å². The number of hydrogen-bond acceptors (Lipinski definition) is 2. The van der Waals surface area contributed by atoms with Crippen LogP contribution >= 0.6 is 0 Å². The monoisotopic (exact) mass is 170 g/mol. The van der Waals surface area contributed by atoms with Crippen LogP contribution in [0.5, 0.6) is 0 Å². The van der Waals surface area contributed by atoms with Crippen molar-refractivity contribution in [3.05, 3.63) is 11.1 Å². The Labute approximate surface area is 72.0 Å². The van der Waals surface area contributed by atoms with Crippen molar-refractivity contribution in [2.24, 2.45) is 0 Å². The highest BCUT2D eigenvalue weighted by Gasteiger charge is 2.20. The van der Waals surface area contributed by atoms with Gasteiger partial charge in [-0.15, -0.1) is 0 Å². The lowest BCUT2D eigenvalue weighted by Gasteiger charge is -2.11. The average molecular weight is 170 g/mol. The molecule has 12 heavy (non-hydrogen) atoms. The lowest BCUT2D eigenvalue weighted by atomic mass is 10.0. The molecule has 68 valence electrons. The van der Waals surface area contributed by atoms with Gasteiger partial charge in [-0.05, 0) is 32.3 Å². The fourth-order valence-electron chi connectivity index (χ4n) is 1.33. The Bertz CT molecular complexity index is 212. The maximum absolute atomic E-state index is 10.6. The van der Waals surface area contributed by atoms with E-state index in [0.717, 1.165) is 25.0 Å². The van der Waals surface area contributed by atoms with E-state index in [0.29, 0.717) is 5.57 Å². The highest BCUT2D eigenvalue weighted by atomic mass is 16.5. The minimum Gasteiger partial charge on any atom is -0.478 e. The Hall–Kier alpha value is -0.830. The van der Waals surface area contributed by atoms with Gasteiger partial charge in [0, 0.05) is 12.2 Å². The third-order valence-corrected chi connectivity index (χ3v) is 2.32. The van der Waals surface area contributed by atoms with E-state index in [4.69, 9.17) is 9.84 Å². The topological polar surface area (TPSA) is 46.5 Å². The zero-order chi connectivity index (χ0) is 9.14. The Morgan fingerprint density at radius 1 is 1.50 bits per heavy atom. The minimum atomic E-state index is -0.844. The van der Waals surface area contributed by atoms with Crippen LogP contribution in [0.15, 0.2) is 11.1 Å². The van der Waals surface area contributed by atoms with E-state index in [9.17, 15) is 4.79 Å². The van der Waals surface area contributed by atoms with Gasteiger partial charge in [-0.3, -0.25) is 0 Å². The molecule has 0 bridgehead atoms. The summed E-state index contributed by atoms with van der Waals surface area (Å²) in [4.78, 5) is 10.6. The van der Waals surface area contributed by atoms with Crippen LogP contribution in [0.3, 0.4) is 0 Å². The van der Waals surface area contributed by atoms with E-state index in [1.54, 1.807) is 6.92 Å². The summed E-state index contributed by atoms with van der Waals surface area (Å²) in [7, 11) is 0. The molecule has 3 nitrogen and oxygen atoms in total. The summed E-state index contributed by atoms with van der Waals surface area (Å²) in [6.45, 7) is 4.22. The van der Waals surface area contributed by atoms with E-state index < -0.39 is 5.97 Å². The quantitative estimate of drug-likeness (QED) is 0.640. The molecular weight excluding hydrogens is 156 g/mol. The van der Waals surface area contributed by atoms with Gasteiger partial charge in [0.1, 0.15) is 0 Å². The van der Waals surface area contributed by atoms with Gasteiger partial charge in [-0.2, -0.15) is 0 Å². The van der Waals surface area contributed by atoms with Crippen molar-refractivity contribution in [3.63, 3.8) is 0 Å². The number of carboxylic acids is 1. The smallest absolute Gasteiger partial charge is 0.331 e. The molecule has 1 unspecified atom stereocenters. The van der Waals surface area contributed by atoms with Crippen LogP contribution in [0.4, 0.5) is 0 Å². The summed E-state index contributed by atoms with van der Waals surface area (Å²) in [6, 6.07) is 0. The summed E-state index contributed by atoms with van der Waals surface area (Å²) < 4.78 is 5.36. The molecule has 1 heterocycles. The number of rotatable bonds is 2. The average Bonchev–Trinajstić information content (AvgIpc) is 2.53. The Morgan fingerprint density at radius 2 is 2.17 bits per heavy atom. The van der Waals surface area contributed by atoms with Crippen LogP contribution in [0, 0.1) is 0 Å². The normalized spacial score (nSPS) is 25.3. The third-order valence-electron chi connectivity index (χ3n) is 2.32. The summed E-state index contributed by atoms with van der Waals surface area (Å²) in [5.74, 6) is -0.844. The first-order chi connectivity index (χ1) is 5.63. The van der Waals surface area contributed by atoms with E-state index in [1.807, 2.05) is 6.92 Å². The molecule has 1 aliphatic heterocycles. The van der Waals surface area contributed by atoms with Gasteiger partial charge in [0.05, 0.1) is 6.10 Å². The summed E-state index contributed by atoms with van der Waals surface area (Å²) in [5, 5.41) is 8.70. The molecular formula is C9H14O3. The summed E-state index contributed by atoms with van der Waals surface area (Å²) in [5.41, 5.74) is 1.28. The molecule has 1 rings (SSSR count). The molecule has 1 saturated heterocycles. The van der Waals surface area contributed by atoms with E-state index in [-0.39, 0.29) is 6.10 Å². The third kappa shape index (κ3) is 1.85. The second-order valence-electron chi connectivity index (χ2n) is 3.11. The molecule has 1 atom stereocenters. The fourth-order valence-corrected chi connectivity index (χ4v) is 1.33. The number of carboxylic acid groups (broad SMARTS) is 1. The van der Waals surface area contributed by atoms with Crippen molar-refractivity contribution in [2.45, 2.75) is 32.8 Å². The SMILES string of the molecule is C/C(C(=O)O)=C(/C)C1CCCO1. The van der Waals surface area contributed by atoms with Crippen molar-refractivity contribution in [1.82, 2.24) is 0 Å². The zero-order valence-corrected chi connectivity index (χ0v) is 7.46. The number of carbonyl (C=O) groups is 1. The van der Waals surface area contributed by atoms with Crippen LogP contribution in [-0.4, -0.2) is 23.8 Å². The molecule has 1 N–H and O–H groups in total. The van der Waals surface area contributed by atoms with E-state index >= 15 is 0 Å². The van der Waals surface area contributed by atoms with Gasteiger partial charge in [0.2, 0.25) is 0 Å². The molecule has 0 aromatic carbocycles. The van der Waals surface area contributed by atoms with Gasteiger partial charge < -0.3 is 9.84 Å². The first kappa shape index (κ1) is 9.26. The van der Waals surface area contributed by atoms with Crippen LogP contribution in [0.1, 0.15) is 26.7 Å². The lowest BCUT2D eigenvalue weighted by Crippen LogP contribution is -2.11. The molecule has 0 aromatic heterocycles. The maximum atomic E-state index is 10.6. The summed E-state index contributed by atoms with van der Waals surface area (Å²) >= 11 is 0. The molecule has 3 heteroatoms. The zero-order valence-electron chi connectivity index (χ0n) is 7.46. The van der Waals surface area contributed by atoms with Gasteiger partial charge >= 0.3 is 5.97 Å². The van der Waals surface area contributed by atoms with Crippen LogP contribution in [0.25, 0.3) is 0 Å². The van der Waals surface area contributed by atoms with E-state index in [1.165, 1.54) is 0 Å². The van der Waals surface area contributed by atoms with Gasteiger partial charge in [-0.25, -0.2) is 4.79 Å². The molecule has 0 amide bonds. The molecule has 1 aliphatic rings. The molecule has 0 spiro atoms. The molecule has 0 aromatic rings. The number of aliphatic carboxylic acids is 1. The Balaban J connectivity index is 2.72. The second kappa shape index (κ2) is 3.72.